The number of hydrogen-bond acceptors (Lipinski definition) is 4. The zero-order valence-electron chi connectivity index (χ0n) is 12.2. The van der Waals surface area contributed by atoms with Gasteiger partial charge in [0.05, 0.1) is 11.5 Å². The Morgan fingerprint density at radius 1 is 1.38 bits per heavy atom. The number of rotatable bonds is 4. The fourth-order valence-electron chi connectivity index (χ4n) is 4.22. The summed E-state index contributed by atoms with van der Waals surface area (Å²) in [5.74, 6) is 4.14. The van der Waals surface area contributed by atoms with Crippen LogP contribution in [0.3, 0.4) is 0 Å². The van der Waals surface area contributed by atoms with Crippen molar-refractivity contribution in [1.82, 2.24) is 15.0 Å². The quantitative estimate of drug-likeness (QED) is 0.935. The van der Waals surface area contributed by atoms with Gasteiger partial charge in [0.25, 0.3) is 0 Å². The molecule has 2 saturated carbocycles. The number of aromatic amines is 1. The summed E-state index contributed by atoms with van der Waals surface area (Å²) in [5, 5.41) is 9.88. The fraction of sp³-hybridized carbons (Fsp3) is 0.562. The Kier molecular flexibility index (Phi) is 2.85. The predicted octanol–water partition coefficient (Wildman–Crippen LogP) is 2.58. The van der Waals surface area contributed by atoms with Crippen molar-refractivity contribution in [3.63, 3.8) is 0 Å². The first-order chi connectivity index (χ1) is 10.3. The number of nitriles is 1. The van der Waals surface area contributed by atoms with Crippen LogP contribution in [0.15, 0.2) is 18.6 Å². The first-order valence-corrected chi connectivity index (χ1v) is 7.64. The Hall–Kier alpha value is -2.09. The van der Waals surface area contributed by atoms with Crippen molar-refractivity contribution in [1.29, 1.82) is 5.26 Å². The minimum absolute atomic E-state index is 0.655. The van der Waals surface area contributed by atoms with Crippen LogP contribution in [0.25, 0.3) is 11.0 Å². The van der Waals surface area contributed by atoms with E-state index in [9.17, 15) is 0 Å². The van der Waals surface area contributed by atoms with Crippen molar-refractivity contribution in [3.8, 4) is 6.07 Å². The van der Waals surface area contributed by atoms with Gasteiger partial charge in [-0.05, 0) is 42.6 Å². The SMILES string of the molecule is CN(C[C@H]1[C@@H]2CC(CC#N)C[C@@H]21)c1ncnc2[nH]ccc12. The highest BCUT2D eigenvalue weighted by Crippen LogP contribution is 2.60. The molecule has 4 atom stereocenters. The van der Waals surface area contributed by atoms with Crippen LogP contribution in [0.4, 0.5) is 5.82 Å². The summed E-state index contributed by atoms with van der Waals surface area (Å²) in [6.45, 7) is 1.06. The second-order valence-electron chi connectivity index (χ2n) is 6.51. The average Bonchev–Trinajstić information content (AvgIpc) is 2.90. The van der Waals surface area contributed by atoms with Gasteiger partial charge in [0.1, 0.15) is 17.8 Å². The summed E-state index contributed by atoms with van der Waals surface area (Å²) in [5.41, 5.74) is 0.900. The molecule has 2 heterocycles. The van der Waals surface area contributed by atoms with Gasteiger partial charge in [-0.2, -0.15) is 5.26 Å². The molecule has 2 aliphatic carbocycles. The number of nitrogens with one attached hydrogen (secondary N) is 1. The molecule has 1 N–H and O–H groups in total. The highest BCUT2D eigenvalue weighted by Gasteiger charge is 2.55. The van der Waals surface area contributed by atoms with Gasteiger partial charge in [-0.1, -0.05) is 0 Å². The van der Waals surface area contributed by atoms with E-state index in [1.807, 2.05) is 12.3 Å². The minimum Gasteiger partial charge on any atom is -0.359 e. The zero-order valence-corrected chi connectivity index (χ0v) is 12.2. The molecule has 0 aliphatic heterocycles. The van der Waals surface area contributed by atoms with Gasteiger partial charge in [0.15, 0.2) is 0 Å². The van der Waals surface area contributed by atoms with Gasteiger partial charge < -0.3 is 9.88 Å². The fourth-order valence-corrected chi connectivity index (χ4v) is 4.22. The summed E-state index contributed by atoms with van der Waals surface area (Å²) in [7, 11) is 2.12. The second-order valence-corrected chi connectivity index (χ2v) is 6.51. The summed E-state index contributed by atoms with van der Waals surface area (Å²) in [6.07, 6.45) is 6.78. The van der Waals surface area contributed by atoms with Crippen molar-refractivity contribution >= 4 is 16.9 Å². The first-order valence-electron chi connectivity index (χ1n) is 7.64. The molecule has 0 bridgehead atoms. The monoisotopic (exact) mass is 281 g/mol. The normalized spacial score (nSPS) is 30.1. The lowest BCUT2D eigenvalue weighted by atomic mass is 9.97. The molecule has 2 aromatic rings. The van der Waals surface area contributed by atoms with Crippen molar-refractivity contribution in [2.75, 3.05) is 18.5 Å². The Bertz CT molecular complexity index is 688. The molecule has 2 aromatic heterocycles. The van der Waals surface area contributed by atoms with E-state index in [0.717, 1.165) is 47.6 Å². The van der Waals surface area contributed by atoms with E-state index in [1.54, 1.807) is 6.33 Å². The number of fused-ring (bicyclic) bond motifs is 2. The smallest absolute Gasteiger partial charge is 0.142 e. The van der Waals surface area contributed by atoms with Crippen molar-refractivity contribution in [2.45, 2.75) is 19.3 Å². The van der Waals surface area contributed by atoms with Crippen LogP contribution in [-0.4, -0.2) is 28.5 Å². The lowest BCUT2D eigenvalue weighted by molar-refractivity contribution is 0.446. The summed E-state index contributed by atoms with van der Waals surface area (Å²) >= 11 is 0. The number of nitrogens with zero attached hydrogens (tertiary/aromatic N) is 4. The lowest BCUT2D eigenvalue weighted by Gasteiger charge is -2.20. The second kappa shape index (κ2) is 4.73. The van der Waals surface area contributed by atoms with Gasteiger partial charge in [-0.25, -0.2) is 9.97 Å². The van der Waals surface area contributed by atoms with Gasteiger partial charge in [0.2, 0.25) is 0 Å². The van der Waals surface area contributed by atoms with E-state index in [1.165, 1.54) is 12.8 Å². The summed E-state index contributed by atoms with van der Waals surface area (Å²) in [6, 6.07) is 4.36. The molecule has 4 rings (SSSR count). The molecule has 2 fully saturated rings. The maximum absolute atomic E-state index is 8.79. The molecular weight excluding hydrogens is 262 g/mol. The van der Waals surface area contributed by atoms with Gasteiger partial charge in [-0.3, -0.25) is 0 Å². The summed E-state index contributed by atoms with van der Waals surface area (Å²) < 4.78 is 0. The third-order valence-electron chi connectivity index (χ3n) is 5.28. The topological polar surface area (TPSA) is 68.6 Å². The molecule has 0 saturated heterocycles. The van der Waals surface area contributed by atoms with Crippen LogP contribution in [0.2, 0.25) is 0 Å². The number of hydrogen-bond donors (Lipinski definition) is 1. The molecular formula is C16H19N5. The van der Waals surface area contributed by atoms with Crippen LogP contribution < -0.4 is 4.90 Å². The van der Waals surface area contributed by atoms with Crippen molar-refractivity contribution < 1.29 is 0 Å². The van der Waals surface area contributed by atoms with Crippen LogP contribution in [-0.2, 0) is 0 Å². The number of aromatic nitrogens is 3. The molecule has 0 aromatic carbocycles. The molecule has 2 aliphatic rings. The third-order valence-corrected chi connectivity index (χ3v) is 5.28. The molecule has 108 valence electrons. The zero-order chi connectivity index (χ0) is 14.4. The maximum atomic E-state index is 8.79. The Morgan fingerprint density at radius 2 is 2.19 bits per heavy atom. The van der Waals surface area contributed by atoms with E-state index in [4.69, 9.17) is 5.26 Å². The lowest BCUT2D eigenvalue weighted by Crippen LogP contribution is -2.23. The van der Waals surface area contributed by atoms with E-state index in [-0.39, 0.29) is 0 Å². The van der Waals surface area contributed by atoms with E-state index in [2.05, 4.69) is 33.0 Å². The number of H-pyrrole nitrogens is 1. The standard InChI is InChI=1S/C16H19N5/c1-21(16-11-3-5-18-15(11)19-9-20-16)8-14-12-6-10(2-4-17)7-13(12)14/h3,5,9-10,12-14H,2,6-8H2,1H3,(H,18,19,20)/t10?,12-,13+,14+. The molecule has 1 unspecified atom stereocenters. The molecule has 5 nitrogen and oxygen atoms in total. The maximum Gasteiger partial charge on any atom is 0.142 e. The average molecular weight is 281 g/mol. The minimum atomic E-state index is 0.655. The highest BCUT2D eigenvalue weighted by molar-refractivity contribution is 5.87. The Balaban J connectivity index is 1.43. The summed E-state index contributed by atoms with van der Waals surface area (Å²) in [4.78, 5) is 14.1. The molecule has 0 spiro atoms. The van der Waals surface area contributed by atoms with E-state index >= 15 is 0 Å². The van der Waals surface area contributed by atoms with Crippen LogP contribution in [0.5, 0.6) is 0 Å². The van der Waals surface area contributed by atoms with Crippen LogP contribution in [0.1, 0.15) is 19.3 Å². The molecule has 5 heteroatoms. The van der Waals surface area contributed by atoms with Crippen LogP contribution >= 0.6 is 0 Å². The van der Waals surface area contributed by atoms with Gasteiger partial charge >= 0.3 is 0 Å². The van der Waals surface area contributed by atoms with E-state index < -0.39 is 0 Å². The van der Waals surface area contributed by atoms with Gasteiger partial charge in [0, 0.05) is 26.2 Å². The third kappa shape index (κ3) is 2.06. The molecule has 21 heavy (non-hydrogen) atoms. The first kappa shape index (κ1) is 12.6. The number of anilines is 1. The highest BCUT2D eigenvalue weighted by atomic mass is 15.2. The van der Waals surface area contributed by atoms with Crippen molar-refractivity contribution in [3.05, 3.63) is 18.6 Å². The largest absolute Gasteiger partial charge is 0.359 e. The Labute approximate surface area is 124 Å². The Morgan fingerprint density at radius 3 is 2.95 bits per heavy atom. The molecule has 0 radical (unpaired) electrons. The molecule has 0 amide bonds. The van der Waals surface area contributed by atoms with E-state index in [0.29, 0.717) is 5.92 Å². The van der Waals surface area contributed by atoms with Crippen molar-refractivity contribution in [2.24, 2.45) is 23.7 Å². The van der Waals surface area contributed by atoms with Gasteiger partial charge in [-0.15, -0.1) is 0 Å². The van der Waals surface area contributed by atoms with Crippen LogP contribution in [0, 0.1) is 35.0 Å². The predicted molar refractivity (Wildman–Crippen MR) is 80.6 cm³/mol.